The average Bonchev–Trinajstić information content (AvgIpc) is 3.67. The van der Waals surface area contributed by atoms with Gasteiger partial charge in [-0.05, 0) is 86.4 Å². The quantitative estimate of drug-likeness (QED) is 0.0760. The smallest absolute Gasteiger partial charge is 0.242 e. The molecule has 2 aromatic heterocycles. The minimum Gasteiger partial charge on any atom is -0.497 e. The maximum Gasteiger partial charge on any atom is 0.242 e. The zero-order valence-corrected chi connectivity index (χ0v) is 29.3. The number of benzene rings is 3. The van der Waals surface area contributed by atoms with Crippen molar-refractivity contribution in [1.29, 1.82) is 0 Å². The van der Waals surface area contributed by atoms with Crippen molar-refractivity contribution in [3.8, 4) is 17.0 Å². The molecule has 3 aromatic carbocycles. The second-order valence-corrected chi connectivity index (χ2v) is 13.2. The Morgan fingerprint density at radius 1 is 0.900 bits per heavy atom. The van der Waals surface area contributed by atoms with E-state index in [0.717, 1.165) is 102 Å². The molecule has 1 unspecified atom stereocenters. The fourth-order valence-electron chi connectivity index (χ4n) is 7.00. The first kappa shape index (κ1) is 35.2. The van der Waals surface area contributed by atoms with E-state index in [-0.39, 0.29) is 24.5 Å². The van der Waals surface area contributed by atoms with E-state index in [1.807, 2.05) is 55.5 Å². The van der Waals surface area contributed by atoms with E-state index in [1.54, 1.807) is 7.11 Å². The number of fused-ring (bicyclic) bond motifs is 2. The minimum absolute atomic E-state index is 0.0676. The maximum atomic E-state index is 13.7. The summed E-state index contributed by atoms with van der Waals surface area (Å²) in [6, 6.07) is 23.7. The van der Waals surface area contributed by atoms with E-state index in [2.05, 4.69) is 44.9 Å². The number of nitrogens with one attached hydrogen (secondary N) is 4. The molecule has 5 aromatic rings. The molecule has 1 aliphatic heterocycles. The Morgan fingerprint density at radius 3 is 2.52 bits per heavy atom. The zero-order valence-electron chi connectivity index (χ0n) is 29.3. The molecule has 50 heavy (non-hydrogen) atoms. The molecule has 1 saturated heterocycles. The monoisotopic (exact) mass is 678 g/mol. The number of rotatable bonds is 17. The van der Waals surface area contributed by atoms with E-state index < -0.39 is 6.04 Å². The van der Waals surface area contributed by atoms with Gasteiger partial charge in [-0.2, -0.15) is 0 Å². The first-order valence-electron chi connectivity index (χ1n) is 18.1. The van der Waals surface area contributed by atoms with Crippen LogP contribution in [0.5, 0.6) is 5.75 Å². The summed E-state index contributed by atoms with van der Waals surface area (Å²) < 4.78 is 17.0. The number of para-hydroxylation sites is 1. The van der Waals surface area contributed by atoms with Crippen molar-refractivity contribution in [2.24, 2.45) is 0 Å². The molecular weight excluding hydrogens is 628 g/mol. The van der Waals surface area contributed by atoms with Gasteiger partial charge in [0.1, 0.15) is 11.8 Å². The highest BCUT2D eigenvalue weighted by Crippen LogP contribution is 2.31. The van der Waals surface area contributed by atoms with Gasteiger partial charge >= 0.3 is 0 Å². The molecule has 0 radical (unpaired) electrons. The SMILES string of the molecule is COc1ccc2[nH]c(C)c(CC(=O)N[C@@H](CCCCCCOC3CCCCO3)C(=O)NCCc3c(-c4ccccc4)[nH]c4ccccc34)c2c1. The number of aryl methyl sites for hydroxylation is 1. The number of unbranched alkanes of at least 4 members (excludes halogenated alkanes) is 3. The Labute approximate surface area is 294 Å². The Balaban J connectivity index is 1.09. The molecule has 9 heteroatoms. The van der Waals surface area contributed by atoms with Crippen LogP contribution >= 0.6 is 0 Å². The van der Waals surface area contributed by atoms with Crippen molar-refractivity contribution >= 4 is 33.6 Å². The topological polar surface area (TPSA) is 117 Å². The van der Waals surface area contributed by atoms with Gasteiger partial charge in [0.25, 0.3) is 0 Å². The van der Waals surface area contributed by atoms with Crippen molar-refractivity contribution in [3.05, 3.63) is 89.6 Å². The van der Waals surface area contributed by atoms with Crippen LogP contribution in [0.4, 0.5) is 0 Å². The minimum atomic E-state index is -0.633. The molecule has 0 bridgehead atoms. The third-order valence-electron chi connectivity index (χ3n) is 9.69. The predicted molar refractivity (Wildman–Crippen MR) is 198 cm³/mol. The van der Waals surface area contributed by atoms with Crippen molar-refractivity contribution in [3.63, 3.8) is 0 Å². The lowest BCUT2D eigenvalue weighted by Crippen LogP contribution is -2.47. The Kier molecular flexibility index (Phi) is 12.2. The van der Waals surface area contributed by atoms with Gasteiger partial charge < -0.3 is 34.8 Å². The molecule has 1 fully saturated rings. The highest BCUT2D eigenvalue weighted by molar-refractivity contribution is 5.94. The normalized spacial score (nSPS) is 15.3. The number of aromatic nitrogens is 2. The number of methoxy groups -OCH3 is 1. The summed E-state index contributed by atoms with van der Waals surface area (Å²) in [4.78, 5) is 34.2. The number of aromatic amines is 2. The van der Waals surface area contributed by atoms with Crippen LogP contribution in [0.25, 0.3) is 33.1 Å². The Morgan fingerprint density at radius 2 is 1.70 bits per heavy atom. The number of hydrogen-bond donors (Lipinski definition) is 4. The van der Waals surface area contributed by atoms with Crippen molar-refractivity contribution in [2.75, 3.05) is 26.9 Å². The van der Waals surface area contributed by atoms with Crippen LogP contribution < -0.4 is 15.4 Å². The zero-order chi connectivity index (χ0) is 34.7. The molecule has 264 valence electrons. The fourth-order valence-corrected chi connectivity index (χ4v) is 7.00. The average molecular weight is 679 g/mol. The molecule has 1 aliphatic rings. The van der Waals surface area contributed by atoms with Gasteiger partial charge in [0.2, 0.25) is 11.8 Å². The second kappa shape index (κ2) is 17.4. The van der Waals surface area contributed by atoms with Crippen LogP contribution in [0.3, 0.4) is 0 Å². The molecule has 0 saturated carbocycles. The van der Waals surface area contributed by atoms with Crippen LogP contribution in [-0.2, 0) is 31.9 Å². The van der Waals surface area contributed by atoms with E-state index in [4.69, 9.17) is 14.2 Å². The summed E-state index contributed by atoms with van der Waals surface area (Å²) in [5, 5.41) is 8.34. The first-order valence-corrected chi connectivity index (χ1v) is 18.1. The molecule has 9 nitrogen and oxygen atoms in total. The summed E-state index contributed by atoms with van der Waals surface area (Å²) in [5.74, 6) is 0.396. The molecule has 0 aliphatic carbocycles. The number of carbonyl (C=O) groups is 2. The van der Waals surface area contributed by atoms with E-state index in [1.165, 1.54) is 5.56 Å². The van der Waals surface area contributed by atoms with Crippen LogP contribution in [0.15, 0.2) is 72.8 Å². The van der Waals surface area contributed by atoms with Crippen LogP contribution in [0, 0.1) is 6.92 Å². The molecular formula is C41H50N4O5. The van der Waals surface area contributed by atoms with Gasteiger partial charge in [0.15, 0.2) is 6.29 Å². The molecule has 2 atom stereocenters. The van der Waals surface area contributed by atoms with Gasteiger partial charge in [0, 0.05) is 53.0 Å². The molecule has 0 spiro atoms. The van der Waals surface area contributed by atoms with Gasteiger partial charge in [-0.15, -0.1) is 0 Å². The van der Waals surface area contributed by atoms with Gasteiger partial charge in [0.05, 0.1) is 13.5 Å². The van der Waals surface area contributed by atoms with Crippen LogP contribution in [-0.4, -0.2) is 61.0 Å². The van der Waals surface area contributed by atoms with E-state index in [0.29, 0.717) is 26.0 Å². The lowest BCUT2D eigenvalue weighted by atomic mass is 10.0. The summed E-state index contributed by atoms with van der Waals surface area (Å²) in [7, 11) is 1.63. The van der Waals surface area contributed by atoms with E-state index >= 15 is 0 Å². The molecule has 2 amide bonds. The summed E-state index contributed by atoms with van der Waals surface area (Å²) in [6.45, 7) is 3.88. The largest absolute Gasteiger partial charge is 0.497 e. The van der Waals surface area contributed by atoms with Crippen molar-refractivity contribution < 1.29 is 23.8 Å². The summed E-state index contributed by atoms with van der Waals surface area (Å²) >= 11 is 0. The van der Waals surface area contributed by atoms with Crippen molar-refractivity contribution in [2.45, 2.75) is 83.5 Å². The van der Waals surface area contributed by atoms with Gasteiger partial charge in [-0.3, -0.25) is 9.59 Å². The third kappa shape index (κ3) is 8.94. The standard InChI is InChI=1S/C41H50N4O5/c1-28-33(34-26-30(48-2)20-21-36(34)43-28)27-38(46)44-37(18-8-3-4-12-24-49-39-19-11-13-25-50-39)41(47)42-23-22-32-31-16-9-10-17-35(31)45-40(32)29-14-6-5-7-15-29/h5-7,9-10,14-17,20-21,26,37,39,43,45H,3-4,8,11-13,18-19,22-25,27H2,1-2H3,(H,42,47)(H,44,46)/t37-,39?/m0/s1. The van der Waals surface area contributed by atoms with Gasteiger partial charge in [-0.25, -0.2) is 0 Å². The number of carbonyl (C=O) groups excluding carboxylic acids is 2. The number of ether oxygens (including phenoxy) is 3. The first-order chi connectivity index (χ1) is 24.5. The maximum absolute atomic E-state index is 13.7. The lowest BCUT2D eigenvalue weighted by molar-refractivity contribution is -0.162. The Bertz CT molecular complexity index is 1860. The van der Waals surface area contributed by atoms with Gasteiger partial charge in [-0.1, -0.05) is 67.8 Å². The molecule has 4 N–H and O–H groups in total. The highest BCUT2D eigenvalue weighted by Gasteiger charge is 2.23. The summed E-state index contributed by atoms with van der Waals surface area (Å²) in [5.41, 5.74) is 7.20. The predicted octanol–water partition coefficient (Wildman–Crippen LogP) is 7.51. The van der Waals surface area contributed by atoms with Crippen LogP contribution in [0.2, 0.25) is 0 Å². The highest BCUT2D eigenvalue weighted by atomic mass is 16.7. The van der Waals surface area contributed by atoms with Crippen LogP contribution in [0.1, 0.15) is 68.2 Å². The summed E-state index contributed by atoms with van der Waals surface area (Å²) in [6.07, 6.45) is 8.26. The lowest BCUT2D eigenvalue weighted by Gasteiger charge is -2.22. The Hall–Kier alpha value is -4.60. The molecule has 6 rings (SSSR count). The number of H-pyrrole nitrogens is 2. The number of hydrogen-bond acceptors (Lipinski definition) is 5. The third-order valence-corrected chi connectivity index (χ3v) is 9.69. The van der Waals surface area contributed by atoms with Crippen molar-refractivity contribution in [1.82, 2.24) is 20.6 Å². The second-order valence-electron chi connectivity index (χ2n) is 13.2. The number of amides is 2. The van der Waals surface area contributed by atoms with E-state index in [9.17, 15) is 9.59 Å². The fraction of sp³-hybridized carbons (Fsp3) is 0.415. The molecule has 3 heterocycles.